The number of benzene rings is 1. The summed E-state index contributed by atoms with van der Waals surface area (Å²) >= 11 is 0. The predicted molar refractivity (Wildman–Crippen MR) is 73.5 cm³/mol. The number of carbonyl (C=O) groups excluding carboxylic acids is 2. The van der Waals surface area contributed by atoms with Crippen molar-refractivity contribution in [2.45, 2.75) is 13.0 Å². The van der Waals surface area contributed by atoms with E-state index in [2.05, 4.69) is 15.7 Å². The third-order valence-electron chi connectivity index (χ3n) is 3.34. The minimum absolute atomic E-state index is 0.0573. The topological polar surface area (TPSA) is 76.0 Å². The van der Waals surface area contributed by atoms with E-state index in [1.807, 2.05) is 20.2 Å². The van der Waals surface area contributed by atoms with Gasteiger partial charge in [0.15, 0.2) is 0 Å². The fourth-order valence-corrected chi connectivity index (χ4v) is 2.25. The van der Waals surface area contributed by atoms with Crippen molar-refractivity contribution in [3.05, 3.63) is 47.3 Å². The highest BCUT2D eigenvalue weighted by atomic mass is 16.2. The molecule has 1 unspecified atom stereocenters. The standard InChI is InChI=1S/C14H14N4O2/c1-8(9-6-15-18(2)7-9)16-10-3-4-11-12(5-10)14(20)17-13(11)19/h3-8,16H,1-2H3,(H,17,19,20). The first-order chi connectivity index (χ1) is 9.54. The second kappa shape index (κ2) is 4.48. The molecule has 20 heavy (non-hydrogen) atoms. The molecule has 1 aliphatic rings. The van der Waals surface area contributed by atoms with Crippen molar-refractivity contribution in [2.24, 2.45) is 7.05 Å². The van der Waals surface area contributed by atoms with Crippen LogP contribution in [-0.2, 0) is 7.05 Å². The van der Waals surface area contributed by atoms with Gasteiger partial charge in [0.2, 0.25) is 0 Å². The number of hydrogen-bond donors (Lipinski definition) is 2. The van der Waals surface area contributed by atoms with Gasteiger partial charge in [-0.25, -0.2) is 0 Å². The molecular formula is C14H14N4O2. The Kier molecular flexibility index (Phi) is 2.78. The molecule has 6 heteroatoms. The number of aromatic nitrogens is 2. The first-order valence-electron chi connectivity index (χ1n) is 6.29. The summed E-state index contributed by atoms with van der Waals surface area (Å²) in [5, 5.41) is 9.70. The Balaban J connectivity index is 1.84. The summed E-state index contributed by atoms with van der Waals surface area (Å²) in [5.74, 6) is -0.681. The van der Waals surface area contributed by atoms with Gasteiger partial charge in [-0.15, -0.1) is 0 Å². The summed E-state index contributed by atoms with van der Waals surface area (Å²) in [6, 6.07) is 5.21. The van der Waals surface area contributed by atoms with Crippen LogP contribution in [0.3, 0.4) is 0 Å². The largest absolute Gasteiger partial charge is 0.378 e. The van der Waals surface area contributed by atoms with Gasteiger partial charge >= 0.3 is 0 Å². The summed E-state index contributed by atoms with van der Waals surface area (Å²) in [5.41, 5.74) is 2.69. The monoisotopic (exact) mass is 270 g/mol. The minimum Gasteiger partial charge on any atom is -0.378 e. The lowest BCUT2D eigenvalue weighted by molar-refractivity contribution is 0.0879. The molecule has 3 rings (SSSR count). The molecule has 1 aromatic heterocycles. The third kappa shape index (κ3) is 2.05. The van der Waals surface area contributed by atoms with Gasteiger partial charge in [-0.05, 0) is 25.1 Å². The Hall–Kier alpha value is -2.63. The van der Waals surface area contributed by atoms with Gasteiger partial charge in [0.25, 0.3) is 11.8 Å². The summed E-state index contributed by atoms with van der Waals surface area (Å²) in [6.07, 6.45) is 3.72. The Morgan fingerprint density at radius 3 is 2.70 bits per heavy atom. The zero-order valence-corrected chi connectivity index (χ0v) is 11.2. The first-order valence-corrected chi connectivity index (χ1v) is 6.29. The minimum atomic E-state index is -0.345. The predicted octanol–water partition coefficient (Wildman–Crippen LogP) is 1.48. The number of nitrogens with zero attached hydrogens (tertiary/aromatic N) is 2. The normalized spacial score (nSPS) is 14.9. The van der Waals surface area contributed by atoms with E-state index >= 15 is 0 Å². The molecule has 1 aromatic carbocycles. The molecule has 102 valence electrons. The van der Waals surface area contributed by atoms with Crippen LogP contribution in [0, 0.1) is 0 Å². The molecule has 1 atom stereocenters. The number of amides is 2. The van der Waals surface area contributed by atoms with Gasteiger partial charge in [-0.2, -0.15) is 5.10 Å². The second-order valence-corrected chi connectivity index (χ2v) is 4.86. The third-order valence-corrected chi connectivity index (χ3v) is 3.34. The molecule has 1 aliphatic heterocycles. The average Bonchev–Trinajstić information content (AvgIpc) is 2.95. The molecule has 0 fully saturated rings. The number of nitrogens with one attached hydrogen (secondary N) is 2. The summed E-state index contributed by atoms with van der Waals surface area (Å²) in [7, 11) is 1.86. The second-order valence-electron chi connectivity index (χ2n) is 4.86. The number of anilines is 1. The van der Waals surface area contributed by atoms with E-state index in [-0.39, 0.29) is 17.9 Å². The van der Waals surface area contributed by atoms with E-state index in [9.17, 15) is 9.59 Å². The Labute approximate surface area is 115 Å². The molecule has 2 heterocycles. The van der Waals surface area contributed by atoms with Crippen LogP contribution in [0.1, 0.15) is 39.2 Å². The molecule has 0 bridgehead atoms. The maximum Gasteiger partial charge on any atom is 0.259 e. The highest BCUT2D eigenvalue weighted by Crippen LogP contribution is 2.23. The van der Waals surface area contributed by atoms with Crippen LogP contribution in [0.2, 0.25) is 0 Å². The Bertz CT molecular complexity index is 705. The van der Waals surface area contributed by atoms with Crippen molar-refractivity contribution in [3.63, 3.8) is 0 Å². The van der Waals surface area contributed by atoms with E-state index in [0.29, 0.717) is 11.1 Å². The van der Waals surface area contributed by atoms with Crippen molar-refractivity contribution in [3.8, 4) is 0 Å². The number of aryl methyl sites for hydroxylation is 1. The van der Waals surface area contributed by atoms with Gasteiger partial charge in [-0.1, -0.05) is 0 Å². The van der Waals surface area contributed by atoms with Gasteiger partial charge in [0.05, 0.1) is 23.4 Å². The average molecular weight is 270 g/mol. The quantitative estimate of drug-likeness (QED) is 0.828. The van der Waals surface area contributed by atoms with Crippen molar-refractivity contribution in [2.75, 3.05) is 5.32 Å². The fourth-order valence-electron chi connectivity index (χ4n) is 2.25. The van der Waals surface area contributed by atoms with E-state index < -0.39 is 0 Å². The molecule has 0 spiro atoms. The van der Waals surface area contributed by atoms with Crippen molar-refractivity contribution >= 4 is 17.5 Å². The summed E-state index contributed by atoms with van der Waals surface area (Å²) in [6.45, 7) is 2.01. The van der Waals surface area contributed by atoms with Gasteiger partial charge in [-0.3, -0.25) is 19.6 Å². The van der Waals surface area contributed by atoms with Crippen LogP contribution in [0.5, 0.6) is 0 Å². The van der Waals surface area contributed by atoms with Crippen LogP contribution >= 0.6 is 0 Å². The van der Waals surface area contributed by atoms with Gasteiger partial charge in [0, 0.05) is 24.5 Å². The number of imide groups is 1. The molecule has 2 amide bonds. The lowest BCUT2D eigenvalue weighted by atomic mass is 10.1. The SMILES string of the molecule is CC(Nc1ccc2c(c1)C(=O)NC2=O)c1cnn(C)c1. The zero-order valence-electron chi connectivity index (χ0n) is 11.2. The Morgan fingerprint density at radius 1 is 1.25 bits per heavy atom. The molecular weight excluding hydrogens is 256 g/mol. The van der Waals surface area contributed by atoms with Gasteiger partial charge < -0.3 is 5.32 Å². The molecule has 0 aliphatic carbocycles. The fraction of sp³-hybridized carbons (Fsp3) is 0.214. The van der Waals surface area contributed by atoms with E-state index in [1.54, 1.807) is 29.1 Å². The maximum absolute atomic E-state index is 11.6. The maximum atomic E-state index is 11.6. The lowest BCUT2D eigenvalue weighted by Gasteiger charge is -2.14. The smallest absolute Gasteiger partial charge is 0.259 e. The number of carbonyl (C=O) groups is 2. The zero-order chi connectivity index (χ0) is 14.3. The molecule has 6 nitrogen and oxygen atoms in total. The number of hydrogen-bond acceptors (Lipinski definition) is 4. The molecule has 0 saturated heterocycles. The summed E-state index contributed by atoms with van der Waals surface area (Å²) in [4.78, 5) is 23.1. The van der Waals surface area contributed by atoms with Crippen molar-refractivity contribution < 1.29 is 9.59 Å². The van der Waals surface area contributed by atoms with E-state index in [0.717, 1.165) is 11.3 Å². The number of rotatable bonds is 3. The number of fused-ring (bicyclic) bond motifs is 1. The highest BCUT2D eigenvalue weighted by Gasteiger charge is 2.26. The van der Waals surface area contributed by atoms with Crippen molar-refractivity contribution in [1.29, 1.82) is 0 Å². The molecule has 0 radical (unpaired) electrons. The molecule has 2 aromatic rings. The van der Waals surface area contributed by atoms with Crippen LogP contribution in [-0.4, -0.2) is 21.6 Å². The first kappa shape index (κ1) is 12.4. The summed E-state index contributed by atoms with van der Waals surface area (Å²) < 4.78 is 1.74. The molecule has 2 N–H and O–H groups in total. The highest BCUT2D eigenvalue weighted by molar-refractivity contribution is 6.21. The van der Waals surface area contributed by atoms with Gasteiger partial charge in [0.1, 0.15) is 0 Å². The van der Waals surface area contributed by atoms with Crippen LogP contribution in [0.4, 0.5) is 5.69 Å². The van der Waals surface area contributed by atoms with Crippen LogP contribution in [0.15, 0.2) is 30.6 Å². The van der Waals surface area contributed by atoms with E-state index in [4.69, 9.17) is 0 Å². The van der Waals surface area contributed by atoms with E-state index in [1.165, 1.54) is 0 Å². The lowest BCUT2D eigenvalue weighted by Crippen LogP contribution is -2.19. The Morgan fingerprint density at radius 2 is 2.00 bits per heavy atom. The van der Waals surface area contributed by atoms with Crippen LogP contribution in [0.25, 0.3) is 0 Å². The van der Waals surface area contributed by atoms with Crippen LogP contribution < -0.4 is 10.6 Å². The molecule has 0 saturated carbocycles. The van der Waals surface area contributed by atoms with Crippen molar-refractivity contribution in [1.82, 2.24) is 15.1 Å².